The predicted octanol–water partition coefficient (Wildman–Crippen LogP) is 4.65. The second-order valence-electron chi connectivity index (χ2n) is 3.35. The van der Waals surface area contributed by atoms with Gasteiger partial charge in [0.2, 0.25) is 0 Å². The maximum absolute atomic E-state index is 10.4. The Morgan fingerprint density at radius 1 is 1.07 bits per heavy atom. The Hall–Kier alpha value is -0.820. The van der Waals surface area contributed by atoms with Gasteiger partial charge in [-0.3, -0.25) is 4.79 Å². The molecule has 0 radical (unpaired) electrons. The molecule has 2 heteroatoms. The van der Waals surface area contributed by atoms with Gasteiger partial charge in [0, 0.05) is 5.56 Å². The van der Waals surface area contributed by atoms with Gasteiger partial charge in [-0.2, -0.15) is 0 Å². The molecule has 1 aromatic rings. The molecular weight excluding hydrogens is 208 g/mol. The van der Waals surface area contributed by atoms with Crippen LogP contribution in [-0.4, -0.2) is 5.24 Å². The highest BCUT2D eigenvalue weighted by Crippen LogP contribution is 2.01. The molecule has 0 bridgehead atoms. The lowest BCUT2D eigenvalue weighted by atomic mass is 10.2. The van der Waals surface area contributed by atoms with E-state index in [-0.39, 0.29) is 0 Å². The molecule has 0 aliphatic heterocycles. The quantitative estimate of drug-likeness (QED) is 0.540. The molecule has 0 saturated heterocycles. The van der Waals surface area contributed by atoms with Crippen LogP contribution in [0.2, 0.25) is 0 Å². The molecule has 0 aromatic heterocycles. The van der Waals surface area contributed by atoms with Gasteiger partial charge in [-0.25, -0.2) is 0 Å². The fourth-order valence-electron chi connectivity index (χ4n) is 1.07. The lowest BCUT2D eigenvalue weighted by Gasteiger charge is -1.87. The first-order valence-electron chi connectivity index (χ1n) is 5.47. The molecule has 0 fully saturated rings. The molecule has 0 amide bonds. The van der Waals surface area contributed by atoms with Crippen molar-refractivity contribution in [2.45, 2.75) is 39.5 Å². The van der Waals surface area contributed by atoms with Crippen LogP contribution in [0.25, 0.3) is 0 Å². The zero-order valence-corrected chi connectivity index (χ0v) is 10.3. The normalized spacial score (nSPS) is 9.00. The van der Waals surface area contributed by atoms with Gasteiger partial charge < -0.3 is 0 Å². The minimum Gasteiger partial charge on any atom is -0.276 e. The molecule has 0 aliphatic carbocycles. The number of carbonyl (C=O) groups is 1. The summed E-state index contributed by atoms with van der Waals surface area (Å²) in [5.41, 5.74) is 0.541. The first-order chi connectivity index (χ1) is 7.22. The van der Waals surface area contributed by atoms with Crippen LogP contribution >= 0.6 is 11.6 Å². The van der Waals surface area contributed by atoms with Crippen molar-refractivity contribution in [3.8, 4) is 0 Å². The van der Waals surface area contributed by atoms with Gasteiger partial charge in [0.15, 0.2) is 0 Å². The number of halogens is 1. The Balaban J connectivity index is 0.000000288. The van der Waals surface area contributed by atoms with Crippen molar-refractivity contribution in [2.24, 2.45) is 0 Å². The van der Waals surface area contributed by atoms with E-state index in [0.717, 1.165) is 0 Å². The van der Waals surface area contributed by atoms with Gasteiger partial charge in [0.1, 0.15) is 0 Å². The van der Waals surface area contributed by atoms with Gasteiger partial charge in [0.05, 0.1) is 0 Å². The number of unbranched alkanes of at least 4 members (excludes halogenated alkanes) is 3. The molecule has 1 nitrogen and oxygen atoms in total. The third-order valence-corrected chi connectivity index (χ3v) is 2.18. The molecule has 0 saturated carbocycles. The Morgan fingerprint density at radius 3 is 1.80 bits per heavy atom. The highest BCUT2D eigenvalue weighted by atomic mass is 35.5. The Kier molecular flexibility index (Phi) is 9.19. The van der Waals surface area contributed by atoms with E-state index in [4.69, 9.17) is 11.6 Å². The lowest BCUT2D eigenvalue weighted by Crippen LogP contribution is -1.84. The van der Waals surface area contributed by atoms with Crippen LogP contribution < -0.4 is 0 Å². The van der Waals surface area contributed by atoms with Crippen LogP contribution in [0.15, 0.2) is 30.3 Å². The van der Waals surface area contributed by atoms with Gasteiger partial charge in [-0.15, -0.1) is 0 Å². The van der Waals surface area contributed by atoms with E-state index in [2.05, 4.69) is 13.8 Å². The maximum Gasteiger partial charge on any atom is 0.252 e. The van der Waals surface area contributed by atoms with Crippen LogP contribution in [0.1, 0.15) is 49.9 Å². The maximum atomic E-state index is 10.4. The van der Waals surface area contributed by atoms with Crippen molar-refractivity contribution in [2.75, 3.05) is 0 Å². The van der Waals surface area contributed by atoms with Crippen LogP contribution in [0.3, 0.4) is 0 Å². The topological polar surface area (TPSA) is 17.1 Å². The summed E-state index contributed by atoms with van der Waals surface area (Å²) in [6.07, 6.45) is 5.54. The van der Waals surface area contributed by atoms with E-state index in [1.807, 2.05) is 6.07 Å². The molecule has 0 spiro atoms. The van der Waals surface area contributed by atoms with Gasteiger partial charge in [-0.05, 0) is 11.6 Å². The lowest BCUT2D eigenvalue weighted by molar-refractivity contribution is 0.108. The van der Waals surface area contributed by atoms with Crippen molar-refractivity contribution >= 4 is 16.8 Å². The zero-order valence-electron chi connectivity index (χ0n) is 9.50. The number of rotatable bonds is 4. The molecule has 0 heterocycles. The average Bonchev–Trinajstić information content (AvgIpc) is 2.28. The summed E-state index contributed by atoms with van der Waals surface area (Å²) < 4.78 is 0. The monoisotopic (exact) mass is 226 g/mol. The fourth-order valence-corrected chi connectivity index (χ4v) is 1.20. The average molecular weight is 227 g/mol. The van der Waals surface area contributed by atoms with E-state index in [1.54, 1.807) is 24.3 Å². The predicted molar refractivity (Wildman–Crippen MR) is 66.4 cm³/mol. The van der Waals surface area contributed by atoms with Crippen LogP contribution in [0.4, 0.5) is 0 Å². The summed E-state index contributed by atoms with van der Waals surface area (Å²) in [5, 5.41) is -0.407. The van der Waals surface area contributed by atoms with E-state index < -0.39 is 5.24 Å². The van der Waals surface area contributed by atoms with Crippen molar-refractivity contribution in [3.63, 3.8) is 0 Å². The molecule has 0 unspecified atom stereocenters. The Labute approximate surface area is 97.5 Å². The zero-order chi connectivity index (χ0) is 11.5. The van der Waals surface area contributed by atoms with Crippen molar-refractivity contribution in [3.05, 3.63) is 35.9 Å². The number of hydrogen-bond acceptors (Lipinski definition) is 1. The van der Waals surface area contributed by atoms with E-state index in [0.29, 0.717) is 5.56 Å². The molecular formula is C13H19ClO. The second-order valence-corrected chi connectivity index (χ2v) is 3.69. The van der Waals surface area contributed by atoms with Crippen LogP contribution in [0, 0.1) is 0 Å². The Bertz CT molecular complexity index is 252. The van der Waals surface area contributed by atoms with E-state index in [9.17, 15) is 4.79 Å². The van der Waals surface area contributed by atoms with E-state index in [1.165, 1.54) is 25.7 Å². The molecule has 15 heavy (non-hydrogen) atoms. The standard InChI is InChI=1S/C7H5ClO.C6H14/c8-7(9)6-4-2-1-3-5-6;1-3-5-6-4-2/h1-5H;3-6H2,1-2H3. The highest BCUT2D eigenvalue weighted by molar-refractivity contribution is 6.67. The summed E-state index contributed by atoms with van der Waals surface area (Å²) >= 11 is 5.16. The number of carbonyl (C=O) groups excluding carboxylic acids is 1. The summed E-state index contributed by atoms with van der Waals surface area (Å²) in [4.78, 5) is 10.4. The van der Waals surface area contributed by atoms with Crippen LogP contribution in [0.5, 0.6) is 0 Å². The van der Waals surface area contributed by atoms with Crippen molar-refractivity contribution in [1.29, 1.82) is 0 Å². The molecule has 0 aliphatic rings. The summed E-state index contributed by atoms with van der Waals surface area (Å²) in [6.45, 7) is 4.46. The molecule has 1 rings (SSSR count). The highest BCUT2D eigenvalue weighted by Gasteiger charge is 1.95. The third kappa shape index (κ3) is 8.19. The minimum atomic E-state index is -0.407. The van der Waals surface area contributed by atoms with Crippen molar-refractivity contribution < 1.29 is 4.79 Å². The minimum absolute atomic E-state index is 0.407. The van der Waals surface area contributed by atoms with Crippen molar-refractivity contribution in [1.82, 2.24) is 0 Å². The first-order valence-corrected chi connectivity index (χ1v) is 5.85. The molecule has 0 N–H and O–H groups in total. The SMILES string of the molecule is CCCCCC.O=C(Cl)c1ccccc1. The second kappa shape index (κ2) is 9.72. The summed E-state index contributed by atoms with van der Waals surface area (Å²) in [6, 6.07) is 8.74. The first kappa shape index (κ1) is 14.2. The summed E-state index contributed by atoms with van der Waals surface area (Å²) in [7, 11) is 0. The molecule has 0 atom stereocenters. The Morgan fingerprint density at radius 2 is 1.53 bits per heavy atom. The molecule has 84 valence electrons. The molecule has 1 aromatic carbocycles. The third-order valence-electron chi connectivity index (χ3n) is 1.96. The largest absolute Gasteiger partial charge is 0.276 e. The fraction of sp³-hybridized carbons (Fsp3) is 0.462. The van der Waals surface area contributed by atoms with Gasteiger partial charge in [-0.1, -0.05) is 69.9 Å². The smallest absolute Gasteiger partial charge is 0.252 e. The number of benzene rings is 1. The summed E-state index contributed by atoms with van der Waals surface area (Å²) in [5.74, 6) is 0. The van der Waals surface area contributed by atoms with Gasteiger partial charge in [0.25, 0.3) is 5.24 Å². The number of hydrogen-bond donors (Lipinski definition) is 0. The van der Waals surface area contributed by atoms with E-state index >= 15 is 0 Å². The van der Waals surface area contributed by atoms with Crippen LogP contribution in [-0.2, 0) is 0 Å². The van der Waals surface area contributed by atoms with Gasteiger partial charge >= 0.3 is 0 Å².